The maximum Gasteiger partial charge on any atom is 0.202 e. The number of rotatable bonds is 6. The van der Waals surface area contributed by atoms with E-state index in [0.717, 1.165) is 11.1 Å². The van der Waals surface area contributed by atoms with Crippen LogP contribution in [0.1, 0.15) is 16.8 Å². The van der Waals surface area contributed by atoms with E-state index in [0.29, 0.717) is 30.4 Å². The van der Waals surface area contributed by atoms with Gasteiger partial charge in [0.15, 0.2) is 11.5 Å². The first-order valence-electron chi connectivity index (χ1n) is 7.27. The summed E-state index contributed by atoms with van der Waals surface area (Å²) in [5.41, 5.74) is 8.63. The number of nitrogens with one attached hydrogen (secondary N) is 1. The molecule has 3 N–H and O–H groups in total. The van der Waals surface area contributed by atoms with E-state index in [2.05, 4.69) is 20.6 Å². The molecular formula is C17H17N5O. The van der Waals surface area contributed by atoms with Crippen molar-refractivity contribution in [2.75, 3.05) is 5.32 Å². The minimum atomic E-state index is 0.297. The van der Waals surface area contributed by atoms with Crippen molar-refractivity contribution >= 4 is 11.7 Å². The molecule has 1 aromatic heterocycles. The fraction of sp³-hybridized carbons (Fsp3) is 0.118. The van der Waals surface area contributed by atoms with Gasteiger partial charge in [-0.05, 0) is 21.4 Å². The predicted octanol–water partition coefficient (Wildman–Crippen LogP) is 2.59. The molecular weight excluding hydrogens is 290 g/mol. The van der Waals surface area contributed by atoms with E-state index in [9.17, 15) is 0 Å². The van der Waals surface area contributed by atoms with E-state index in [-0.39, 0.29) is 0 Å². The largest absolute Gasteiger partial charge is 0.382 e. The Morgan fingerprint density at radius 2 is 1.61 bits per heavy atom. The molecule has 0 aliphatic rings. The third-order valence-corrected chi connectivity index (χ3v) is 3.31. The van der Waals surface area contributed by atoms with Crippen LogP contribution in [0.5, 0.6) is 0 Å². The predicted molar refractivity (Wildman–Crippen MR) is 88.9 cm³/mol. The first kappa shape index (κ1) is 14.8. The molecule has 0 fully saturated rings. The monoisotopic (exact) mass is 307 g/mol. The molecule has 0 unspecified atom stereocenters. The van der Waals surface area contributed by atoms with Gasteiger partial charge >= 0.3 is 0 Å². The summed E-state index contributed by atoms with van der Waals surface area (Å²) < 4.78 is 4.78. The SMILES string of the molecule is NC(=NCc1ccccc1)c1nonc1NCc1ccccc1. The summed E-state index contributed by atoms with van der Waals surface area (Å²) in [7, 11) is 0. The molecule has 0 amide bonds. The molecule has 6 nitrogen and oxygen atoms in total. The van der Waals surface area contributed by atoms with Gasteiger partial charge < -0.3 is 11.1 Å². The molecule has 3 aromatic rings. The van der Waals surface area contributed by atoms with E-state index in [4.69, 9.17) is 10.4 Å². The van der Waals surface area contributed by atoms with E-state index >= 15 is 0 Å². The summed E-state index contributed by atoms with van der Waals surface area (Å²) in [5, 5.41) is 10.8. The zero-order valence-electron chi connectivity index (χ0n) is 12.5. The maximum absolute atomic E-state index is 6.00. The van der Waals surface area contributed by atoms with Crippen LogP contribution in [0.4, 0.5) is 5.82 Å². The third-order valence-electron chi connectivity index (χ3n) is 3.31. The van der Waals surface area contributed by atoms with E-state index in [1.54, 1.807) is 0 Å². The number of anilines is 1. The zero-order chi connectivity index (χ0) is 15.9. The zero-order valence-corrected chi connectivity index (χ0v) is 12.5. The second-order valence-electron chi connectivity index (χ2n) is 4.99. The third kappa shape index (κ3) is 3.94. The summed E-state index contributed by atoms with van der Waals surface area (Å²) in [6, 6.07) is 19.9. The molecule has 116 valence electrons. The smallest absolute Gasteiger partial charge is 0.202 e. The molecule has 0 bridgehead atoms. The van der Waals surface area contributed by atoms with Crippen LogP contribution in [0.25, 0.3) is 0 Å². The molecule has 0 spiro atoms. The Morgan fingerprint density at radius 1 is 0.957 bits per heavy atom. The van der Waals surface area contributed by atoms with Crippen LogP contribution in [0.3, 0.4) is 0 Å². The molecule has 0 saturated carbocycles. The standard InChI is InChI=1S/C17H17N5O/c18-16(19-11-13-7-3-1-4-8-13)15-17(22-23-21-15)20-12-14-9-5-2-6-10-14/h1-10H,11-12H2,(H2,18,19)(H,20,22). The molecule has 6 heteroatoms. The highest BCUT2D eigenvalue weighted by atomic mass is 16.6. The van der Waals surface area contributed by atoms with Crippen LogP contribution < -0.4 is 11.1 Å². The van der Waals surface area contributed by atoms with Gasteiger partial charge in [0.05, 0.1) is 6.54 Å². The van der Waals surface area contributed by atoms with E-state index < -0.39 is 0 Å². The Bertz CT molecular complexity index is 768. The number of amidine groups is 1. The van der Waals surface area contributed by atoms with E-state index in [1.807, 2.05) is 60.7 Å². The van der Waals surface area contributed by atoms with Crippen molar-refractivity contribution in [3.8, 4) is 0 Å². The van der Waals surface area contributed by atoms with Crippen molar-refractivity contribution in [2.45, 2.75) is 13.1 Å². The number of nitrogens with zero attached hydrogens (tertiary/aromatic N) is 3. The number of nitrogens with two attached hydrogens (primary N) is 1. The van der Waals surface area contributed by atoms with Crippen LogP contribution >= 0.6 is 0 Å². The Morgan fingerprint density at radius 3 is 2.30 bits per heavy atom. The van der Waals surface area contributed by atoms with Crippen LogP contribution in [0.15, 0.2) is 70.3 Å². The van der Waals surface area contributed by atoms with Gasteiger partial charge in [0.1, 0.15) is 0 Å². The van der Waals surface area contributed by atoms with Crippen molar-refractivity contribution < 1.29 is 4.63 Å². The average Bonchev–Trinajstić information content (AvgIpc) is 3.08. The molecule has 23 heavy (non-hydrogen) atoms. The van der Waals surface area contributed by atoms with Crippen LogP contribution in [0.2, 0.25) is 0 Å². The lowest BCUT2D eigenvalue weighted by molar-refractivity contribution is 0.307. The second-order valence-corrected chi connectivity index (χ2v) is 4.99. The van der Waals surface area contributed by atoms with Gasteiger partial charge in [-0.1, -0.05) is 60.7 Å². The fourth-order valence-electron chi connectivity index (χ4n) is 2.09. The van der Waals surface area contributed by atoms with Gasteiger partial charge in [0.25, 0.3) is 0 Å². The van der Waals surface area contributed by atoms with Gasteiger partial charge in [-0.3, -0.25) is 4.99 Å². The first-order chi connectivity index (χ1) is 11.3. The molecule has 1 heterocycles. The summed E-state index contributed by atoms with van der Waals surface area (Å²) in [6.45, 7) is 1.09. The Kier molecular flexibility index (Phi) is 4.63. The van der Waals surface area contributed by atoms with Gasteiger partial charge in [-0.25, -0.2) is 4.63 Å². The van der Waals surface area contributed by atoms with Crippen molar-refractivity contribution in [1.82, 2.24) is 10.3 Å². The highest BCUT2D eigenvalue weighted by Gasteiger charge is 2.13. The van der Waals surface area contributed by atoms with Crippen LogP contribution in [0, 0.1) is 0 Å². The highest BCUT2D eigenvalue weighted by molar-refractivity contribution is 5.99. The Balaban J connectivity index is 1.67. The minimum Gasteiger partial charge on any atom is -0.382 e. The number of hydrogen-bond acceptors (Lipinski definition) is 5. The van der Waals surface area contributed by atoms with Gasteiger partial charge in [0, 0.05) is 6.54 Å². The normalized spacial score (nSPS) is 11.4. The Hall–Kier alpha value is -3.15. The second kappa shape index (κ2) is 7.22. The van der Waals surface area contributed by atoms with Crippen LogP contribution in [-0.2, 0) is 13.1 Å². The Labute approximate surface area is 134 Å². The van der Waals surface area contributed by atoms with Crippen molar-refractivity contribution in [3.05, 3.63) is 77.5 Å². The number of benzene rings is 2. The molecule has 0 atom stereocenters. The summed E-state index contributed by atoms with van der Waals surface area (Å²) >= 11 is 0. The lowest BCUT2D eigenvalue weighted by Gasteiger charge is -2.04. The van der Waals surface area contributed by atoms with Gasteiger partial charge in [-0.2, -0.15) is 0 Å². The molecule has 0 aliphatic carbocycles. The van der Waals surface area contributed by atoms with Gasteiger partial charge in [-0.15, -0.1) is 0 Å². The number of aromatic nitrogens is 2. The van der Waals surface area contributed by atoms with Crippen molar-refractivity contribution in [3.63, 3.8) is 0 Å². The minimum absolute atomic E-state index is 0.297. The number of aliphatic imine (C=N–C) groups is 1. The highest BCUT2D eigenvalue weighted by Crippen LogP contribution is 2.12. The molecule has 3 rings (SSSR count). The number of hydrogen-bond donors (Lipinski definition) is 2. The van der Waals surface area contributed by atoms with Gasteiger partial charge in [0.2, 0.25) is 5.82 Å². The maximum atomic E-state index is 6.00. The van der Waals surface area contributed by atoms with Crippen molar-refractivity contribution in [2.24, 2.45) is 10.7 Å². The lowest BCUT2D eigenvalue weighted by atomic mass is 10.2. The molecule has 0 radical (unpaired) electrons. The first-order valence-corrected chi connectivity index (χ1v) is 7.27. The quantitative estimate of drug-likeness (QED) is 0.539. The summed E-state index contributed by atoms with van der Waals surface area (Å²) in [5.74, 6) is 0.786. The topological polar surface area (TPSA) is 89.3 Å². The molecule has 0 aliphatic heterocycles. The van der Waals surface area contributed by atoms with E-state index in [1.165, 1.54) is 0 Å². The summed E-state index contributed by atoms with van der Waals surface area (Å²) in [6.07, 6.45) is 0. The van der Waals surface area contributed by atoms with Crippen molar-refractivity contribution in [1.29, 1.82) is 0 Å². The summed E-state index contributed by atoms with van der Waals surface area (Å²) in [4.78, 5) is 4.34. The average molecular weight is 307 g/mol. The lowest BCUT2D eigenvalue weighted by Crippen LogP contribution is -2.16. The molecule has 0 saturated heterocycles. The molecule has 2 aromatic carbocycles. The van der Waals surface area contributed by atoms with Crippen LogP contribution in [-0.4, -0.2) is 16.1 Å². The fourth-order valence-corrected chi connectivity index (χ4v) is 2.09.